The van der Waals surface area contributed by atoms with Gasteiger partial charge in [0.15, 0.2) is 0 Å². The number of carbonyl (C=O) groups excluding carboxylic acids is 1. The van der Waals surface area contributed by atoms with Gasteiger partial charge in [0.1, 0.15) is 11.5 Å². The van der Waals surface area contributed by atoms with Crippen molar-refractivity contribution in [3.8, 4) is 11.3 Å². The highest BCUT2D eigenvalue weighted by molar-refractivity contribution is 6.35. The zero-order valence-corrected chi connectivity index (χ0v) is 16.3. The number of amides is 1. The molecule has 1 aliphatic heterocycles. The van der Waals surface area contributed by atoms with E-state index in [0.29, 0.717) is 35.1 Å². The Balaban J connectivity index is 1.70. The molecule has 0 fully saturated rings. The maximum absolute atomic E-state index is 13.0. The second kappa shape index (κ2) is 7.43. The Morgan fingerprint density at radius 1 is 1.10 bits per heavy atom. The van der Waals surface area contributed by atoms with Crippen LogP contribution in [0.1, 0.15) is 35.5 Å². The van der Waals surface area contributed by atoms with Gasteiger partial charge in [0.05, 0.1) is 16.8 Å². The normalized spacial score (nSPS) is 14.7. The third-order valence-corrected chi connectivity index (χ3v) is 4.82. The number of carboxylic acids is 1. The fraction of sp³-hybridized carbons (Fsp3) is 0.167. The topological polar surface area (TPSA) is 70.8 Å². The molecule has 2 heterocycles. The minimum Gasteiger partial charge on any atom is -0.478 e. The lowest BCUT2D eigenvalue weighted by molar-refractivity contribution is -0.113. The fourth-order valence-electron chi connectivity index (χ4n) is 3.53. The molecule has 0 radical (unpaired) electrons. The number of aromatic carboxylic acids is 1. The molecule has 29 heavy (non-hydrogen) atoms. The number of furan rings is 1. The number of nitrogens with zero attached hydrogens (tertiary/aromatic N) is 1. The largest absolute Gasteiger partial charge is 0.478 e. The third-order valence-electron chi connectivity index (χ3n) is 4.82. The number of rotatable bonds is 5. The lowest BCUT2D eigenvalue weighted by atomic mass is 10.1. The highest BCUT2D eigenvalue weighted by Crippen LogP contribution is 2.38. The number of benzene rings is 2. The molecular weight excluding hydrogens is 366 g/mol. The first-order valence-electron chi connectivity index (χ1n) is 9.50. The van der Waals surface area contributed by atoms with Crippen molar-refractivity contribution in [3.05, 3.63) is 77.6 Å². The van der Waals surface area contributed by atoms with Crippen LogP contribution < -0.4 is 4.90 Å². The minimum absolute atomic E-state index is 0.0364. The molecule has 1 N–H and O–H groups in total. The molecule has 146 valence electrons. The first-order chi connectivity index (χ1) is 13.9. The maximum atomic E-state index is 13.0. The van der Waals surface area contributed by atoms with Crippen molar-refractivity contribution in [3.63, 3.8) is 0 Å². The Morgan fingerprint density at radius 2 is 1.90 bits per heavy atom. The summed E-state index contributed by atoms with van der Waals surface area (Å²) in [4.78, 5) is 26.1. The van der Waals surface area contributed by atoms with Crippen LogP contribution in [0.25, 0.3) is 23.0 Å². The zero-order valence-electron chi connectivity index (χ0n) is 16.3. The van der Waals surface area contributed by atoms with Crippen LogP contribution in [0.15, 0.2) is 65.1 Å². The number of carboxylic acid groups (broad SMARTS) is 1. The number of hydrogen-bond acceptors (Lipinski definition) is 3. The van der Waals surface area contributed by atoms with E-state index in [1.807, 2.05) is 29.2 Å². The van der Waals surface area contributed by atoms with Crippen LogP contribution in [0.5, 0.6) is 0 Å². The van der Waals surface area contributed by atoms with Crippen LogP contribution in [-0.4, -0.2) is 23.5 Å². The summed E-state index contributed by atoms with van der Waals surface area (Å²) in [5, 5.41) is 9.18. The van der Waals surface area contributed by atoms with Crippen molar-refractivity contribution in [2.24, 2.45) is 5.92 Å². The third kappa shape index (κ3) is 3.59. The van der Waals surface area contributed by atoms with Crippen LogP contribution in [0.3, 0.4) is 0 Å². The van der Waals surface area contributed by atoms with E-state index in [1.165, 1.54) is 6.07 Å². The average Bonchev–Trinajstić information content (AvgIpc) is 3.27. The maximum Gasteiger partial charge on any atom is 0.335 e. The van der Waals surface area contributed by atoms with Crippen LogP contribution in [0, 0.1) is 5.92 Å². The van der Waals surface area contributed by atoms with Gasteiger partial charge in [-0.3, -0.25) is 4.79 Å². The van der Waals surface area contributed by atoms with Gasteiger partial charge in [-0.1, -0.05) is 44.2 Å². The first-order valence-corrected chi connectivity index (χ1v) is 9.50. The predicted molar refractivity (Wildman–Crippen MR) is 113 cm³/mol. The number of carbonyl (C=O) groups is 2. The van der Waals surface area contributed by atoms with E-state index >= 15 is 0 Å². The smallest absolute Gasteiger partial charge is 0.335 e. The molecule has 4 rings (SSSR count). The van der Waals surface area contributed by atoms with Crippen LogP contribution in [-0.2, 0) is 4.79 Å². The van der Waals surface area contributed by atoms with E-state index in [2.05, 4.69) is 13.8 Å². The molecule has 0 atom stereocenters. The van der Waals surface area contributed by atoms with Crippen LogP contribution in [0.2, 0.25) is 0 Å². The molecule has 2 aromatic carbocycles. The molecule has 0 aliphatic carbocycles. The van der Waals surface area contributed by atoms with Crippen LogP contribution in [0.4, 0.5) is 5.69 Å². The van der Waals surface area contributed by atoms with Crippen molar-refractivity contribution in [1.29, 1.82) is 0 Å². The van der Waals surface area contributed by atoms with E-state index in [9.17, 15) is 14.7 Å². The lowest BCUT2D eigenvalue weighted by Gasteiger charge is -2.19. The molecule has 5 nitrogen and oxygen atoms in total. The zero-order chi connectivity index (χ0) is 20.5. The Labute approximate surface area is 168 Å². The number of para-hydroxylation sites is 1. The van der Waals surface area contributed by atoms with Gasteiger partial charge < -0.3 is 14.4 Å². The molecule has 0 saturated carbocycles. The lowest BCUT2D eigenvalue weighted by Crippen LogP contribution is -2.30. The summed E-state index contributed by atoms with van der Waals surface area (Å²) in [6.07, 6.45) is 1.76. The summed E-state index contributed by atoms with van der Waals surface area (Å²) in [5.41, 5.74) is 3.28. The van der Waals surface area contributed by atoms with Crippen molar-refractivity contribution in [2.75, 3.05) is 11.4 Å². The Morgan fingerprint density at radius 3 is 2.66 bits per heavy atom. The van der Waals surface area contributed by atoms with Crippen molar-refractivity contribution in [2.45, 2.75) is 13.8 Å². The summed E-state index contributed by atoms with van der Waals surface area (Å²) in [6, 6.07) is 17.9. The molecule has 0 unspecified atom stereocenters. The highest BCUT2D eigenvalue weighted by atomic mass is 16.4. The van der Waals surface area contributed by atoms with E-state index in [1.54, 1.807) is 36.4 Å². The molecule has 1 aromatic heterocycles. The van der Waals surface area contributed by atoms with Crippen molar-refractivity contribution < 1.29 is 19.1 Å². The summed E-state index contributed by atoms with van der Waals surface area (Å²) in [7, 11) is 0. The summed E-state index contributed by atoms with van der Waals surface area (Å²) < 4.78 is 5.91. The summed E-state index contributed by atoms with van der Waals surface area (Å²) >= 11 is 0. The quantitative estimate of drug-likeness (QED) is 0.612. The van der Waals surface area contributed by atoms with E-state index < -0.39 is 5.97 Å². The number of anilines is 1. The van der Waals surface area contributed by atoms with E-state index in [-0.39, 0.29) is 11.5 Å². The summed E-state index contributed by atoms with van der Waals surface area (Å²) in [6.45, 7) is 4.82. The Kier molecular flexibility index (Phi) is 4.80. The van der Waals surface area contributed by atoms with Gasteiger partial charge in [-0.15, -0.1) is 0 Å². The van der Waals surface area contributed by atoms with Gasteiger partial charge in [-0.05, 0) is 42.3 Å². The molecule has 0 bridgehead atoms. The second-order valence-electron chi connectivity index (χ2n) is 7.47. The van der Waals surface area contributed by atoms with E-state index in [4.69, 9.17) is 4.42 Å². The molecule has 1 aliphatic rings. The number of hydrogen-bond donors (Lipinski definition) is 1. The van der Waals surface area contributed by atoms with Gasteiger partial charge in [-0.2, -0.15) is 0 Å². The molecule has 0 spiro atoms. The standard InChI is InChI=1S/C24H21NO4/c1-15(2)14-25-21-9-4-3-8-19(21)20(23(25)26)13-18-10-11-22(29-18)16-6-5-7-17(12-16)24(27)28/h3-13,15H,14H2,1-2H3,(H,27,28)/b20-13-. The van der Waals surface area contributed by atoms with Gasteiger partial charge in [0, 0.05) is 17.7 Å². The molecule has 5 heteroatoms. The van der Waals surface area contributed by atoms with Crippen molar-refractivity contribution in [1.82, 2.24) is 0 Å². The number of fused-ring (bicyclic) bond motifs is 1. The average molecular weight is 387 g/mol. The SMILES string of the molecule is CC(C)CN1C(=O)/C(=C\c2ccc(-c3cccc(C(=O)O)c3)o2)c2ccccc21. The first kappa shape index (κ1) is 18.7. The van der Waals surface area contributed by atoms with Gasteiger partial charge >= 0.3 is 5.97 Å². The van der Waals surface area contributed by atoms with Gasteiger partial charge in [-0.25, -0.2) is 4.79 Å². The van der Waals surface area contributed by atoms with Crippen LogP contribution >= 0.6 is 0 Å². The molecular formula is C24H21NO4. The summed E-state index contributed by atoms with van der Waals surface area (Å²) in [5.74, 6) is 0.427. The fourth-order valence-corrected chi connectivity index (χ4v) is 3.53. The minimum atomic E-state index is -0.987. The van der Waals surface area contributed by atoms with Gasteiger partial charge in [0.25, 0.3) is 5.91 Å². The Hall–Kier alpha value is -3.60. The van der Waals surface area contributed by atoms with E-state index in [0.717, 1.165) is 11.3 Å². The molecule has 1 amide bonds. The Bertz CT molecular complexity index is 1120. The molecule has 0 saturated heterocycles. The monoisotopic (exact) mass is 387 g/mol. The van der Waals surface area contributed by atoms with Crippen molar-refractivity contribution >= 4 is 29.2 Å². The van der Waals surface area contributed by atoms with Gasteiger partial charge in [0.2, 0.25) is 0 Å². The molecule has 3 aromatic rings. The second-order valence-corrected chi connectivity index (χ2v) is 7.47. The predicted octanol–water partition coefficient (Wildman–Crippen LogP) is 5.19. The highest BCUT2D eigenvalue weighted by Gasteiger charge is 2.32.